The molecule has 1 aliphatic carbocycles. The van der Waals surface area contributed by atoms with E-state index in [9.17, 15) is 23.9 Å². The van der Waals surface area contributed by atoms with Crippen LogP contribution < -0.4 is 10.6 Å². The van der Waals surface area contributed by atoms with Crippen molar-refractivity contribution in [1.82, 2.24) is 15.6 Å². The number of hydrogen-bond donors (Lipinski definition) is 5. The molecule has 0 radical (unpaired) electrons. The van der Waals surface area contributed by atoms with Gasteiger partial charge in [-0.1, -0.05) is 44.9 Å². The number of carbonyl (C=O) groups excluding carboxylic acids is 2. The molecule has 0 bridgehead atoms. The molecule has 1 aliphatic rings. The molecule has 2 amide bonds. The summed E-state index contributed by atoms with van der Waals surface area (Å²) in [5.74, 6) is -2.05. The van der Waals surface area contributed by atoms with Crippen LogP contribution in [0.15, 0.2) is 30.5 Å². The molecule has 0 saturated heterocycles. The first-order valence-electron chi connectivity index (χ1n) is 10.9. The third kappa shape index (κ3) is 6.19. The van der Waals surface area contributed by atoms with Gasteiger partial charge in [-0.2, -0.15) is 0 Å². The summed E-state index contributed by atoms with van der Waals surface area (Å²) in [7, 11) is -4.64. The molecule has 1 saturated carbocycles. The molecule has 0 spiro atoms. The lowest BCUT2D eigenvalue weighted by molar-refractivity contribution is -0.131. The first-order chi connectivity index (χ1) is 14.6. The van der Waals surface area contributed by atoms with E-state index in [-0.39, 0.29) is 24.2 Å². The van der Waals surface area contributed by atoms with Crippen molar-refractivity contribution in [2.24, 2.45) is 11.8 Å². The van der Waals surface area contributed by atoms with Gasteiger partial charge in [-0.3, -0.25) is 14.2 Å². The normalized spacial score (nSPS) is 17.1. The summed E-state index contributed by atoms with van der Waals surface area (Å²) < 4.78 is 12.2. The Hall–Kier alpha value is -2.15. The smallest absolute Gasteiger partial charge is 0.347 e. The molecule has 8 nitrogen and oxygen atoms in total. The average molecular weight is 449 g/mol. The number of fused-ring (bicyclic) bond motifs is 1. The standard InChI is InChI=1S/C22H32N3O5P/c1-14(2)11-19(24-21(26)15-7-3-4-8-15)22(27)25-20(31(28,29)30)12-16-13-23-18-10-6-5-9-17(16)18/h5-6,9-10,13-15,19-20,23H,3-4,7-8,11-12H2,1-2H3,(H,24,26)(H,25,27)(H2,28,29,30)/t19-,20+/m0/s1. The minimum Gasteiger partial charge on any atom is -0.361 e. The number of H-pyrrole nitrogens is 1. The topological polar surface area (TPSA) is 132 Å². The molecule has 170 valence electrons. The Kier molecular flexibility index (Phi) is 7.57. The van der Waals surface area contributed by atoms with Crippen LogP contribution in [0.2, 0.25) is 0 Å². The van der Waals surface area contributed by atoms with E-state index in [4.69, 9.17) is 0 Å². The summed E-state index contributed by atoms with van der Waals surface area (Å²) in [4.78, 5) is 48.5. The number of rotatable bonds is 9. The van der Waals surface area contributed by atoms with Crippen LogP contribution in [0, 0.1) is 11.8 Å². The zero-order valence-electron chi connectivity index (χ0n) is 18.0. The van der Waals surface area contributed by atoms with Crippen LogP contribution in [0.1, 0.15) is 51.5 Å². The lowest BCUT2D eigenvalue weighted by Gasteiger charge is -2.26. The number of hydrogen-bond acceptors (Lipinski definition) is 3. The van der Waals surface area contributed by atoms with Crippen LogP contribution in [0.25, 0.3) is 10.9 Å². The molecular weight excluding hydrogens is 417 g/mol. The number of nitrogens with one attached hydrogen (secondary N) is 3. The Labute approximate surface area is 182 Å². The number of benzene rings is 1. The van der Waals surface area contributed by atoms with Crippen molar-refractivity contribution < 1.29 is 23.9 Å². The van der Waals surface area contributed by atoms with Crippen molar-refractivity contribution in [2.45, 2.75) is 64.2 Å². The molecule has 0 aliphatic heterocycles. The summed E-state index contributed by atoms with van der Waals surface area (Å²) in [6.45, 7) is 3.88. The predicted molar refractivity (Wildman–Crippen MR) is 119 cm³/mol. The number of aromatic nitrogens is 1. The second kappa shape index (κ2) is 9.98. The Morgan fingerprint density at radius 1 is 1.16 bits per heavy atom. The van der Waals surface area contributed by atoms with Gasteiger partial charge < -0.3 is 25.4 Å². The Bertz CT molecular complexity index is 961. The highest BCUT2D eigenvalue weighted by Crippen LogP contribution is 2.42. The van der Waals surface area contributed by atoms with Gasteiger partial charge in [-0.15, -0.1) is 0 Å². The zero-order valence-corrected chi connectivity index (χ0v) is 18.9. The molecule has 2 atom stereocenters. The second-order valence-corrected chi connectivity index (χ2v) is 10.7. The van der Waals surface area contributed by atoms with Crippen LogP contribution in [-0.2, 0) is 20.6 Å². The highest BCUT2D eigenvalue weighted by atomic mass is 31.2. The summed E-state index contributed by atoms with van der Waals surface area (Å²) >= 11 is 0. The first-order valence-corrected chi connectivity index (χ1v) is 12.5. The van der Waals surface area contributed by atoms with Gasteiger partial charge in [-0.05, 0) is 36.8 Å². The van der Waals surface area contributed by atoms with E-state index in [0.717, 1.165) is 36.6 Å². The van der Waals surface area contributed by atoms with E-state index in [1.54, 1.807) is 6.20 Å². The summed E-state index contributed by atoms with van der Waals surface area (Å²) in [5.41, 5.74) is 1.56. The first kappa shape index (κ1) is 23.5. The highest BCUT2D eigenvalue weighted by molar-refractivity contribution is 7.52. The van der Waals surface area contributed by atoms with Gasteiger partial charge in [0.25, 0.3) is 0 Å². The fraction of sp³-hybridized carbons (Fsp3) is 0.545. The van der Waals surface area contributed by atoms with Crippen LogP contribution in [0.5, 0.6) is 0 Å². The minimum absolute atomic E-state index is 0.0228. The van der Waals surface area contributed by atoms with Crippen molar-refractivity contribution in [3.05, 3.63) is 36.0 Å². The number of para-hydroxylation sites is 1. The van der Waals surface area contributed by atoms with Crippen LogP contribution in [0.4, 0.5) is 0 Å². The van der Waals surface area contributed by atoms with E-state index in [2.05, 4.69) is 15.6 Å². The molecule has 2 aromatic rings. The molecule has 5 N–H and O–H groups in total. The SMILES string of the molecule is CC(C)C[C@H](NC(=O)C1CCCC1)C(=O)N[C@@H](Cc1c[nH]c2ccccc12)P(=O)(O)O. The van der Waals surface area contributed by atoms with Crippen LogP contribution in [-0.4, -0.2) is 38.4 Å². The fourth-order valence-electron chi connectivity index (χ4n) is 4.21. The fourth-order valence-corrected chi connectivity index (χ4v) is 4.94. The number of aromatic amines is 1. The van der Waals surface area contributed by atoms with Crippen molar-refractivity contribution in [3.8, 4) is 0 Å². The van der Waals surface area contributed by atoms with E-state index >= 15 is 0 Å². The van der Waals surface area contributed by atoms with Gasteiger partial charge in [0.15, 0.2) is 0 Å². The van der Waals surface area contributed by atoms with Crippen molar-refractivity contribution in [2.75, 3.05) is 0 Å². The highest BCUT2D eigenvalue weighted by Gasteiger charge is 2.35. The van der Waals surface area contributed by atoms with E-state index in [0.29, 0.717) is 12.0 Å². The van der Waals surface area contributed by atoms with Gasteiger partial charge >= 0.3 is 7.60 Å². The van der Waals surface area contributed by atoms with E-state index < -0.39 is 25.3 Å². The van der Waals surface area contributed by atoms with Crippen molar-refractivity contribution in [1.29, 1.82) is 0 Å². The van der Waals surface area contributed by atoms with E-state index in [1.165, 1.54) is 0 Å². The quantitative estimate of drug-likeness (QED) is 0.376. The lowest BCUT2D eigenvalue weighted by atomic mass is 10.0. The van der Waals surface area contributed by atoms with Crippen molar-refractivity contribution >= 4 is 30.3 Å². The lowest BCUT2D eigenvalue weighted by Crippen LogP contribution is -2.51. The molecule has 1 aromatic heterocycles. The van der Waals surface area contributed by atoms with Crippen LogP contribution in [0.3, 0.4) is 0 Å². The molecule has 3 rings (SSSR count). The Morgan fingerprint density at radius 2 is 1.84 bits per heavy atom. The molecule has 31 heavy (non-hydrogen) atoms. The minimum atomic E-state index is -4.64. The van der Waals surface area contributed by atoms with Gasteiger partial charge in [0.05, 0.1) is 0 Å². The maximum Gasteiger partial charge on any atom is 0.347 e. The van der Waals surface area contributed by atoms with Crippen molar-refractivity contribution in [3.63, 3.8) is 0 Å². The third-order valence-electron chi connectivity index (χ3n) is 5.87. The maximum atomic E-state index is 13.0. The van der Waals surface area contributed by atoms with Gasteiger partial charge in [0.1, 0.15) is 11.8 Å². The summed E-state index contributed by atoms with van der Waals surface area (Å²) in [6, 6.07) is 6.63. The Morgan fingerprint density at radius 3 is 2.48 bits per heavy atom. The predicted octanol–water partition coefficient (Wildman–Crippen LogP) is 3.05. The zero-order chi connectivity index (χ0) is 22.6. The molecule has 1 aromatic carbocycles. The third-order valence-corrected chi connectivity index (χ3v) is 6.99. The largest absolute Gasteiger partial charge is 0.361 e. The maximum absolute atomic E-state index is 13.0. The van der Waals surface area contributed by atoms with Crippen LogP contribution >= 0.6 is 7.60 Å². The molecule has 1 fully saturated rings. The van der Waals surface area contributed by atoms with Gasteiger partial charge in [-0.25, -0.2) is 0 Å². The summed E-state index contributed by atoms with van der Waals surface area (Å²) in [6.07, 6.45) is 5.71. The van der Waals surface area contributed by atoms with Gasteiger partial charge in [0.2, 0.25) is 11.8 Å². The number of carbonyl (C=O) groups is 2. The number of amides is 2. The monoisotopic (exact) mass is 449 g/mol. The second-order valence-electron chi connectivity index (χ2n) is 8.85. The van der Waals surface area contributed by atoms with E-state index in [1.807, 2.05) is 38.1 Å². The molecular formula is C22H32N3O5P. The van der Waals surface area contributed by atoms with Gasteiger partial charge in [0, 0.05) is 29.4 Å². The molecule has 1 heterocycles. The summed E-state index contributed by atoms with van der Waals surface area (Å²) in [5, 5.41) is 6.21. The average Bonchev–Trinajstić information content (AvgIpc) is 3.36. The molecule has 9 heteroatoms. The Balaban J connectivity index is 1.75. The molecule has 0 unspecified atom stereocenters.